The molecule has 8 nitrogen and oxygen atoms in total. The Hall–Kier alpha value is -2.03. The van der Waals surface area contributed by atoms with E-state index in [0.717, 1.165) is 54.7 Å². The van der Waals surface area contributed by atoms with Gasteiger partial charge in [-0.05, 0) is 0 Å². The van der Waals surface area contributed by atoms with Gasteiger partial charge in [0.1, 0.15) is 0 Å². The van der Waals surface area contributed by atoms with Crippen LogP contribution in [0.3, 0.4) is 0 Å². The molecule has 0 aliphatic carbocycles. The number of hydrogen-bond acceptors (Lipinski definition) is 7. The van der Waals surface area contributed by atoms with Gasteiger partial charge in [-0.1, -0.05) is 0 Å². The SMILES string of the molecule is CCN1CCN(CC)c2cc(Nc3ncc(Cl)c([As]c4ccccc4NS(C)(=O)=O)n3)c(Cl)cc2C1. The van der Waals surface area contributed by atoms with Gasteiger partial charge in [-0.15, -0.1) is 0 Å². The number of para-hydroxylation sites is 1. The Morgan fingerprint density at radius 1 is 1.06 bits per heavy atom. The van der Waals surface area contributed by atoms with Crippen molar-refractivity contribution in [1.29, 1.82) is 0 Å². The van der Waals surface area contributed by atoms with Crippen molar-refractivity contribution >= 4 is 80.8 Å². The zero-order valence-corrected chi connectivity index (χ0v) is 24.5. The average Bonchev–Trinajstić information content (AvgIpc) is 3.00. The van der Waals surface area contributed by atoms with Crippen LogP contribution in [-0.4, -0.2) is 71.5 Å². The zero-order valence-electron chi connectivity index (χ0n) is 20.3. The number of nitrogens with one attached hydrogen (secondary N) is 2. The summed E-state index contributed by atoms with van der Waals surface area (Å²) in [5, 5.41) is 4.30. The number of fused-ring (bicyclic) bond motifs is 1. The van der Waals surface area contributed by atoms with E-state index < -0.39 is 25.8 Å². The topological polar surface area (TPSA) is 90.5 Å². The van der Waals surface area contributed by atoms with Gasteiger partial charge in [0.15, 0.2) is 0 Å². The van der Waals surface area contributed by atoms with Crippen LogP contribution < -0.4 is 23.8 Å². The molecule has 0 fully saturated rings. The van der Waals surface area contributed by atoms with E-state index in [2.05, 4.69) is 49.7 Å². The monoisotopic (exact) mass is 609 g/mol. The molecule has 1 aliphatic rings. The molecule has 0 amide bonds. The summed E-state index contributed by atoms with van der Waals surface area (Å²) in [6.45, 7) is 9.02. The second-order valence-electron chi connectivity index (χ2n) is 8.40. The number of anilines is 4. The second-order valence-corrected chi connectivity index (χ2v) is 13.3. The molecule has 1 radical (unpaired) electrons. The Bertz CT molecular complexity index is 1360. The summed E-state index contributed by atoms with van der Waals surface area (Å²) in [4.78, 5) is 13.8. The third kappa shape index (κ3) is 6.64. The molecule has 2 heterocycles. The van der Waals surface area contributed by atoms with E-state index in [9.17, 15) is 8.42 Å². The fourth-order valence-electron chi connectivity index (χ4n) is 4.01. The van der Waals surface area contributed by atoms with Gasteiger partial charge in [0.2, 0.25) is 0 Å². The predicted octanol–water partition coefficient (Wildman–Crippen LogP) is 3.22. The average molecular weight is 610 g/mol. The maximum absolute atomic E-state index is 11.8. The first kappa shape index (κ1) is 27.0. The van der Waals surface area contributed by atoms with E-state index in [1.807, 2.05) is 18.2 Å². The van der Waals surface area contributed by atoms with E-state index in [0.29, 0.717) is 26.2 Å². The third-order valence-electron chi connectivity index (χ3n) is 5.82. The van der Waals surface area contributed by atoms with Crippen LogP contribution in [-0.2, 0) is 16.6 Å². The van der Waals surface area contributed by atoms with Gasteiger partial charge in [-0.25, -0.2) is 0 Å². The first-order valence-corrected chi connectivity index (χ1v) is 16.1. The van der Waals surface area contributed by atoms with Crippen molar-refractivity contribution in [1.82, 2.24) is 14.9 Å². The van der Waals surface area contributed by atoms with Crippen molar-refractivity contribution in [3.05, 3.63) is 58.2 Å². The van der Waals surface area contributed by atoms with Crippen LogP contribution in [0.2, 0.25) is 10.0 Å². The number of rotatable bonds is 8. The maximum atomic E-state index is 11.8. The first-order valence-electron chi connectivity index (χ1n) is 11.5. The Kier molecular flexibility index (Phi) is 8.68. The number of likely N-dealkylation sites (N-methyl/N-ethyl adjacent to an activating group) is 2. The summed E-state index contributed by atoms with van der Waals surface area (Å²) in [7, 11) is -3.41. The molecule has 3 aromatic rings. The van der Waals surface area contributed by atoms with Crippen LogP contribution >= 0.6 is 23.2 Å². The number of halogens is 2. The van der Waals surface area contributed by atoms with Crippen LogP contribution in [0.4, 0.5) is 23.0 Å². The van der Waals surface area contributed by atoms with Crippen LogP contribution in [0, 0.1) is 0 Å². The van der Waals surface area contributed by atoms with Crippen LogP contribution in [0.1, 0.15) is 19.4 Å². The Morgan fingerprint density at radius 3 is 2.56 bits per heavy atom. The molecule has 36 heavy (non-hydrogen) atoms. The number of sulfonamides is 1. The molecule has 191 valence electrons. The van der Waals surface area contributed by atoms with Gasteiger partial charge in [0.25, 0.3) is 0 Å². The van der Waals surface area contributed by atoms with E-state index in [1.165, 1.54) is 5.56 Å². The molecule has 0 spiro atoms. The molecule has 0 atom stereocenters. The first-order chi connectivity index (χ1) is 17.2. The fourth-order valence-corrected chi connectivity index (χ4v) is 7.29. The third-order valence-corrected chi connectivity index (χ3v) is 9.77. The van der Waals surface area contributed by atoms with E-state index in [1.54, 1.807) is 18.3 Å². The molecular weight excluding hydrogens is 582 g/mol. The van der Waals surface area contributed by atoms with Crippen molar-refractivity contribution in [2.75, 3.05) is 47.4 Å². The molecule has 2 N–H and O–H groups in total. The summed E-state index contributed by atoms with van der Waals surface area (Å²) >= 11 is 12.4. The van der Waals surface area contributed by atoms with Gasteiger partial charge in [-0.2, -0.15) is 0 Å². The molecule has 0 saturated heterocycles. The van der Waals surface area contributed by atoms with E-state index in [4.69, 9.17) is 23.2 Å². The zero-order chi connectivity index (χ0) is 25.9. The second kappa shape index (κ2) is 11.6. The Balaban J connectivity index is 1.63. The fraction of sp³-hybridized carbons (Fsp3) is 0.333. The summed E-state index contributed by atoms with van der Waals surface area (Å²) < 4.78 is 27.6. The van der Waals surface area contributed by atoms with Crippen molar-refractivity contribution < 1.29 is 8.42 Å². The Labute approximate surface area is 229 Å². The molecule has 0 bridgehead atoms. The minimum absolute atomic E-state index is 0.381. The van der Waals surface area contributed by atoms with E-state index in [-0.39, 0.29) is 0 Å². The van der Waals surface area contributed by atoms with Gasteiger partial charge in [0.05, 0.1) is 0 Å². The molecule has 0 saturated carbocycles. The molecule has 0 unspecified atom stereocenters. The van der Waals surface area contributed by atoms with Gasteiger partial charge in [0, 0.05) is 0 Å². The molecular formula is C24H28AsCl2N6O2S. The summed E-state index contributed by atoms with van der Waals surface area (Å²) in [5.74, 6) is 0.381. The number of nitrogens with zero attached hydrogens (tertiary/aromatic N) is 4. The molecule has 2 aromatic carbocycles. The molecule has 1 aromatic heterocycles. The van der Waals surface area contributed by atoms with Crippen LogP contribution in [0.25, 0.3) is 0 Å². The van der Waals surface area contributed by atoms with Crippen LogP contribution in [0.15, 0.2) is 42.6 Å². The number of hydrogen-bond donors (Lipinski definition) is 2. The minimum atomic E-state index is -3.41. The molecule has 4 rings (SSSR count). The van der Waals surface area contributed by atoms with Crippen molar-refractivity contribution in [2.45, 2.75) is 20.4 Å². The predicted molar refractivity (Wildman–Crippen MR) is 151 cm³/mol. The normalized spacial score (nSPS) is 14.6. The summed E-state index contributed by atoms with van der Waals surface area (Å²) in [5.41, 5.74) is 3.60. The molecule has 12 heteroatoms. The Morgan fingerprint density at radius 2 is 1.83 bits per heavy atom. The van der Waals surface area contributed by atoms with Crippen molar-refractivity contribution in [2.24, 2.45) is 0 Å². The van der Waals surface area contributed by atoms with Gasteiger partial charge in [-0.3, -0.25) is 0 Å². The number of benzene rings is 2. The van der Waals surface area contributed by atoms with Crippen molar-refractivity contribution in [3.63, 3.8) is 0 Å². The van der Waals surface area contributed by atoms with Crippen LogP contribution in [0.5, 0.6) is 0 Å². The van der Waals surface area contributed by atoms with E-state index >= 15 is 0 Å². The standard InChI is InChI=1S/C24H28AsCl2N6O2S/c1-4-32-10-11-33(5-2)22-13-21(18(26)12-16(22)15-32)29-24-28-14-19(27)23(30-24)25-17-8-6-7-9-20(17)31-36(3,34)35/h6-9,12-14,31H,4-5,10-11,15H2,1-3H3,(H,28,29,30). The van der Waals surface area contributed by atoms with Gasteiger partial charge >= 0.3 is 230 Å². The molecule has 1 aliphatic heterocycles. The summed E-state index contributed by atoms with van der Waals surface area (Å²) in [6, 6.07) is 11.3. The summed E-state index contributed by atoms with van der Waals surface area (Å²) in [6.07, 6.45) is 2.69. The van der Waals surface area contributed by atoms with Crippen molar-refractivity contribution in [3.8, 4) is 0 Å². The quantitative estimate of drug-likeness (QED) is 0.379. The number of aromatic nitrogens is 2. The van der Waals surface area contributed by atoms with Gasteiger partial charge < -0.3 is 0 Å².